The van der Waals surface area contributed by atoms with Gasteiger partial charge in [-0.2, -0.15) is 5.10 Å². The average Bonchev–Trinajstić information content (AvgIpc) is 3.04. The minimum Gasteiger partial charge on any atom is -0.486 e. The van der Waals surface area contributed by atoms with Gasteiger partial charge in [-0.3, -0.25) is 4.68 Å². The fraction of sp³-hybridized carbons (Fsp3) is 0.167. The summed E-state index contributed by atoms with van der Waals surface area (Å²) in [5.74, 6) is 1.32. The Hall–Kier alpha value is -2.82. The number of rotatable bonds is 3. The van der Waals surface area contributed by atoms with Crippen molar-refractivity contribution in [1.82, 2.24) is 9.78 Å². The zero-order chi connectivity index (χ0) is 15.6. The van der Waals surface area contributed by atoms with Crippen LogP contribution in [0, 0.1) is 5.82 Å². The third kappa shape index (κ3) is 2.90. The van der Waals surface area contributed by atoms with Gasteiger partial charge in [-0.25, -0.2) is 4.39 Å². The Labute approximate surface area is 133 Å². The fourth-order valence-electron chi connectivity index (χ4n) is 2.60. The maximum Gasteiger partial charge on any atom is 0.161 e. The summed E-state index contributed by atoms with van der Waals surface area (Å²) in [4.78, 5) is 0. The molecule has 23 heavy (non-hydrogen) atoms. The lowest BCUT2D eigenvalue weighted by molar-refractivity contribution is 0.171. The average molecular weight is 310 g/mol. The highest BCUT2D eigenvalue weighted by atomic mass is 19.1. The van der Waals surface area contributed by atoms with Crippen LogP contribution in [0.4, 0.5) is 4.39 Å². The summed E-state index contributed by atoms with van der Waals surface area (Å²) >= 11 is 0. The highest BCUT2D eigenvalue weighted by Crippen LogP contribution is 2.31. The Balaban J connectivity index is 1.54. The molecule has 0 N–H and O–H groups in total. The molecule has 2 heterocycles. The molecular weight excluding hydrogens is 295 g/mol. The summed E-state index contributed by atoms with van der Waals surface area (Å²) in [6, 6.07) is 14.2. The zero-order valence-electron chi connectivity index (χ0n) is 12.4. The lowest BCUT2D eigenvalue weighted by Crippen LogP contribution is -2.15. The van der Waals surface area contributed by atoms with Crippen molar-refractivity contribution in [1.29, 1.82) is 0 Å². The lowest BCUT2D eigenvalue weighted by Gasteiger charge is -2.18. The van der Waals surface area contributed by atoms with Crippen molar-refractivity contribution in [3.8, 4) is 22.8 Å². The van der Waals surface area contributed by atoms with Crippen LogP contribution < -0.4 is 9.47 Å². The first-order valence-corrected chi connectivity index (χ1v) is 7.46. The minimum absolute atomic E-state index is 0.246. The normalized spacial score (nSPS) is 13.1. The van der Waals surface area contributed by atoms with Gasteiger partial charge in [0.15, 0.2) is 11.5 Å². The van der Waals surface area contributed by atoms with Crippen molar-refractivity contribution in [2.45, 2.75) is 6.54 Å². The monoisotopic (exact) mass is 310 g/mol. The Morgan fingerprint density at radius 1 is 0.957 bits per heavy atom. The standard InChI is InChI=1S/C18H15FN2O2/c19-15-4-2-14(3-5-15)16-7-8-21(20-16)12-13-1-6-17-18(11-13)23-10-9-22-17/h1-8,11H,9-10,12H2. The van der Waals surface area contributed by atoms with Crippen molar-refractivity contribution in [2.24, 2.45) is 0 Å². The van der Waals surface area contributed by atoms with Gasteiger partial charge in [-0.1, -0.05) is 6.07 Å². The van der Waals surface area contributed by atoms with E-state index in [1.54, 1.807) is 12.1 Å². The highest BCUT2D eigenvalue weighted by molar-refractivity contribution is 5.58. The molecule has 1 aliphatic heterocycles. The predicted molar refractivity (Wildman–Crippen MR) is 84.2 cm³/mol. The van der Waals surface area contributed by atoms with E-state index in [2.05, 4.69) is 5.10 Å². The number of nitrogens with zero attached hydrogens (tertiary/aromatic N) is 2. The van der Waals surface area contributed by atoms with Crippen molar-refractivity contribution >= 4 is 0 Å². The van der Waals surface area contributed by atoms with E-state index >= 15 is 0 Å². The molecule has 0 saturated heterocycles. The first-order valence-electron chi connectivity index (χ1n) is 7.46. The van der Waals surface area contributed by atoms with Gasteiger partial charge in [0.2, 0.25) is 0 Å². The summed E-state index contributed by atoms with van der Waals surface area (Å²) in [5.41, 5.74) is 2.80. The van der Waals surface area contributed by atoms with E-state index in [1.165, 1.54) is 12.1 Å². The van der Waals surface area contributed by atoms with Gasteiger partial charge < -0.3 is 9.47 Å². The maximum atomic E-state index is 13.0. The van der Waals surface area contributed by atoms with Crippen LogP contribution in [0.1, 0.15) is 5.56 Å². The van der Waals surface area contributed by atoms with Crippen LogP contribution in [0.15, 0.2) is 54.7 Å². The smallest absolute Gasteiger partial charge is 0.161 e. The number of hydrogen-bond acceptors (Lipinski definition) is 3. The summed E-state index contributed by atoms with van der Waals surface area (Å²) in [6.45, 7) is 1.80. The topological polar surface area (TPSA) is 36.3 Å². The quantitative estimate of drug-likeness (QED) is 0.743. The first-order chi connectivity index (χ1) is 11.3. The number of fused-ring (bicyclic) bond motifs is 1. The number of hydrogen-bond donors (Lipinski definition) is 0. The molecular formula is C18H15FN2O2. The molecule has 0 radical (unpaired) electrons. The largest absolute Gasteiger partial charge is 0.486 e. The van der Waals surface area contributed by atoms with Crippen LogP contribution in [-0.2, 0) is 6.54 Å². The van der Waals surface area contributed by atoms with Gasteiger partial charge in [0, 0.05) is 11.8 Å². The molecule has 0 fully saturated rings. The molecule has 2 aromatic carbocycles. The van der Waals surface area contributed by atoms with Crippen LogP contribution in [0.2, 0.25) is 0 Å². The molecule has 0 atom stereocenters. The SMILES string of the molecule is Fc1ccc(-c2ccn(Cc3ccc4c(c3)OCCO4)n2)cc1. The maximum absolute atomic E-state index is 13.0. The third-order valence-corrected chi connectivity index (χ3v) is 3.73. The second-order valence-corrected chi connectivity index (χ2v) is 5.38. The molecule has 0 unspecified atom stereocenters. The van der Waals surface area contributed by atoms with Crippen molar-refractivity contribution in [3.05, 3.63) is 66.1 Å². The molecule has 1 aliphatic rings. The van der Waals surface area contributed by atoms with Crippen LogP contribution >= 0.6 is 0 Å². The van der Waals surface area contributed by atoms with Crippen LogP contribution in [0.3, 0.4) is 0 Å². The molecule has 0 bridgehead atoms. The second-order valence-electron chi connectivity index (χ2n) is 5.38. The van der Waals surface area contributed by atoms with Gasteiger partial charge in [0.1, 0.15) is 19.0 Å². The molecule has 5 heteroatoms. The molecule has 4 nitrogen and oxygen atoms in total. The molecule has 0 spiro atoms. The molecule has 3 aromatic rings. The van der Waals surface area contributed by atoms with Crippen molar-refractivity contribution < 1.29 is 13.9 Å². The van der Waals surface area contributed by atoms with Gasteiger partial charge in [0.25, 0.3) is 0 Å². The number of ether oxygens (including phenoxy) is 2. The molecule has 0 aliphatic carbocycles. The van der Waals surface area contributed by atoms with Gasteiger partial charge in [-0.15, -0.1) is 0 Å². The molecule has 0 amide bonds. The summed E-state index contributed by atoms with van der Waals surface area (Å²) < 4.78 is 26.0. The Kier molecular flexibility index (Phi) is 3.46. The van der Waals surface area contributed by atoms with E-state index in [4.69, 9.17) is 9.47 Å². The number of aromatic nitrogens is 2. The number of halogens is 1. The van der Waals surface area contributed by atoms with E-state index in [0.717, 1.165) is 28.3 Å². The Morgan fingerprint density at radius 3 is 2.57 bits per heavy atom. The van der Waals surface area contributed by atoms with E-state index in [-0.39, 0.29) is 5.82 Å². The molecule has 4 rings (SSSR count). The third-order valence-electron chi connectivity index (χ3n) is 3.73. The Bertz CT molecular complexity index is 827. The Morgan fingerprint density at radius 2 is 1.74 bits per heavy atom. The van der Waals surface area contributed by atoms with E-state index in [9.17, 15) is 4.39 Å². The van der Waals surface area contributed by atoms with Crippen LogP contribution in [0.25, 0.3) is 11.3 Å². The summed E-state index contributed by atoms with van der Waals surface area (Å²) in [6.07, 6.45) is 1.91. The van der Waals surface area contributed by atoms with Crippen molar-refractivity contribution in [3.63, 3.8) is 0 Å². The van der Waals surface area contributed by atoms with Crippen LogP contribution in [0.5, 0.6) is 11.5 Å². The molecule has 0 saturated carbocycles. The van der Waals surface area contributed by atoms with E-state index in [0.29, 0.717) is 19.8 Å². The minimum atomic E-state index is -0.246. The van der Waals surface area contributed by atoms with Gasteiger partial charge >= 0.3 is 0 Å². The first kappa shape index (κ1) is 13.8. The fourth-order valence-corrected chi connectivity index (χ4v) is 2.60. The number of benzene rings is 2. The second kappa shape index (κ2) is 5.76. The lowest BCUT2D eigenvalue weighted by atomic mass is 10.1. The van der Waals surface area contributed by atoms with E-state index in [1.807, 2.05) is 35.1 Å². The highest BCUT2D eigenvalue weighted by Gasteiger charge is 2.12. The van der Waals surface area contributed by atoms with Gasteiger partial charge in [0.05, 0.1) is 12.2 Å². The van der Waals surface area contributed by atoms with Crippen molar-refractivity contribution in [2.75, 3.05) is 13.2 Å². The summed E-state index contributed by atoms with van der Waals surface area (Å²) in [5, 5.41) is 4.54. The van der Waals surface area contributed by atoms with Crippen LogP contribution in [-0.4, -0.2) is 23.0 Å². The zero-order valence-corrected chi connectivity index (χ0v) is 12.4. The molecule has 116 valence electrons. The molecule has 1 aromatic heterocycles. The predicted octanol–water partition coefficient (Wildman–Crippen LogP) is 3.51. The summed E-state index contributed by atoms with van der Waals surface area (Å²) in [7, 11) is 0. The van der Waals surface area contributed by atoms with Gasteiger partial charge in [-0.05, 0) is 48.0 Å². The van der Waals surface area contributed by atoms with E-state index < -0.39 is 0 Å².